The van der Waals surface area contributed by atoms with Crippen LogP contribution >= 0.6 is 0 Å². The molecule has 1 unspecified atom stereocenters. The molecule has 0 saturated carbocycles. The molecular weight excluding hydrogens is 238 g/mol. The highest BCUT2D eigenvalue weighted by atomic mass is 16.5. The molecule has 0 aromatic rings. The third kappa shape index (κ3) is 3.00. The van der Waals surface area contributed by atoms with Crippen LogP contribution < -0.4 is 0 Å². The number of carboxylic acid groups (broad SMARTS) is 1. The topological polar surface area (TPSA) is 83.9 Å². The Bertz CT molecular complexity index is 352. The summed E-state index contributed by atoms with van der Waals surface area (Å²) in [6, 6.07) is -0.674. The highest BCUT2D eigenvalue weighted by molar-refractivity contribution is 6.00. The van der Waals surface area contributed by atoms with Crippen LogP contribution in [-0.4, -0.2) is 47.5 Å². The number of carbonyl (C=O) groups excluding carboxylic acids is 2. The van der Waals surface area contributed by atoms with Crippen molar-refractivity contribution in [3.63, 3.8) is 0 Å². The quantitative estimate of drug-likeness (QED) is 0.573. The van der Waals surface area contributed by atoms with Crippen molar-refractivity contribution < 1.29 is 24.2 Å². The van der Waals surface area contributed by atoms with Crippen molar-refractivity contribution in [2.75, 3.05) is 13.7 Å². The van der Waals surface area contributed by atoms with Crippen molar-refractivity contribution in [3.05, 3.63) is 0 Å². The second-order valence-corrected chi connectivity index (χ2v) is 4.88. The molecule has 102 valence electrons. The van der Waals surface area contributed by atoms with E-state index in [-0.39, 0.29) is 12.3 Å². The van der Waals surface area contributed by atoms with Gasteiger partial charge in [0.25, 0.3) is 0 Å². The molecule has 0 spiro atoms. The largest absolute Gasteiger partial charge is 0.481 e. The average Bonchev–Trinajstić information content (AvgIpc) is 2.66. The third-order valence-corrected chi connectivity index (χ3v) is 3.08. The second kappa shape index (κ2) is 5.84. The highest BCUT2D eigenvalue weighted by Crippen LogP contribution is 2.24. The summed E-state index contributed by atoms with van der Waals surface area (Å²) in [5, 5.41) is 8.90. The van der Waals surface area contributed by atoms with E-state index < -0.39 is 29.8 Å². The smallest absolute Gasteiger partial charge is 0.328 e. The number of hydrogen-bond acceptors (Lipinski definition) is 4. The van der Waals surface area contributed by atoms with Crippen molar-refractivity contribution >= 4 is 17.8 Å². The van der Waals surface area contributed by atoms with Crippen molar-refractivity contribution in [2.45, 2.75) is 32.7 Å². The Labute approximate surface area is 106 Å². The van der Waals surface area contributed by atoms with E-state index in [0.717, 1.165) is 0 Å². The van der Waals surface area contributed by atoms with Gasteiger partial charge in [-0.15, -0.1) is 0 Å². The number of hydrogen-bond donors (Lipinski definition) is 1. The summed E-state index contributed by atoms with van der Waals surface area (Å²) in [4.78, 5) is 35.8. The van der Waals surface area contributed by atoms with E-state index in [9.17, 15) is 14.4 Å². The summed E-state index contributed by atoms with van der Waals surface area (Å²) in [5.74, 6) is -2.91. The van der Waals surface area contributed by atoms with Gasteiger partial charge in [0.1, 0.15) is 12.0 Å². The van der Waals surface area contributed by atoms with Gasteiger partial charge in [-0.25, -0.2) is 4.79 Å². The zero-order chi connectivity index (χ0) is 13.9. The number of carboxylic acids is 1. The second-order valence-electron chi connectivity index (χ2n) is 4.88. The Hall–Kier alpha value is -1.59. The van der Waals surface area contributed by atoms with Crippen molar-refractivity contribution in [1.29, 1.82) is 0 Å². The summed E-state index contributed by atoms with van der Waals surface area (Å²) in [6.45, 7) is 4.17. The molecule has 0 aromatic carbocycles. The molecule has 0 bridgehead atoms. The van der Waals surface area contributed by atoms with E-state index in [2.05, 4.69) is 4.74 Å². The number of amides is 1. The Kier molecular flexibility index (Phi) is 4.69. The zero-order valence-corrected chi connectivity index (χ0v) is 10.9. The minimum atomic E-state index is -1.13. The summed E-state index contributed by atoms with van der Waals surface area (Å²) < 4.78 is 4.69. The normalized spacial score (nSPS) is 21.2. The lowest BCUT2D eigenvalue weighted by Crippen LogP contribution is -2.45. The first-order valence-corrected chi connectivity index (χ1v) is 5.99. The lowest BCUT2D eigenvalue weighted by Gasteiger charge is -2.27. The Morgan fingerprint density at radius 1 is 1.50 bits per heavy atom. The predicted octanol–water partition coefficient (Wildman–Crippen LogP) is 0.507. The molecule has 1 amide bonds. The monoisotopic (exact) mass is 257 g/mol. The van der Waals surface area contributed by atoms with Gasteiger partial charge in [0.2, 0.25) is 5.91 Å². The molecule has 1 rings (SSSR count). The minimum Gasteiger partial charge on any atom is -0.481 e. The molecule has 18 heavy (non-hydrogen) atoms. The van der Waals surface area contributed by atoms with Crippen molar-refractivity contribution in [3.8, 4) is 0 Å². The number of likely N-dealkylation sites (tertiary alicyclic amines) is 1. The summed E-state index contributed by atoms with van der Waals surface area (Å²) >= 11 is 0. The van der Waals surface area contributed by atoms with Crippen LogP contribution in [0.4, 0.5) is 0 Å². The molecule has 1 heterocycles. The minimum absolute atomic E-state index is 0.214. The Morgan fingerprint density at radius 2 is 2.11 bits per heavy atom. The SMILES string of the molecule is COC(=O)[C@H](CC(C)C)N1CCC(C(=O)O)C1=O. The molecule has 2 atom stereocenters. The van der Waals surface area contributed by atoms with Crippen molar-refractivity contribution in [1.82, 2.24) is 4.90 Å². The van der Waals surface area contributed by atoms with E-state index in [1.807, 2.05) is 13.8 Å². The number of rotatable bonds is 5. The lowest BCUT2D eigenvalue weighted by atomic mass is 10.0. The summed E-state index contributed by atoms with van der Waals surface area (Å²) in [5.41, 5.74) is 0. The maximum Gasteiger partial charge on any atom is 0.328 e. The van der Waals surface area contributed by atoms with Crippen LogP contribution in [0.15, 0.2) is 0 Å². The van der Waals surface area contributed by atoms with E-state index in [0.29, 0.717) is 13.0 Å². The first-order valence-electron chi connectivity index (χ1n) is 5.99. The lowest BCUT2D eigenvalue weighted by molar-refractivity contribution is -0.155. The molecule has 0 aliphatic carbocycles. The van der Waals surface area contributed by atoms with Gasteiger partial charge in [-0.1, -0.05) is 13.8 Å². The highest BCUT2D eigenvalue weighted by Gasteiger charge is 2.42. The van der Waals surface area contributed by atoms with Gasteiger partial charge in [-0.2, -0.15) is 0 Å². The average molecular weight is 257 g/mol. The number of esters is 1. The van der Waals surface area contributed by atoms with Gasteiger partial charge in [0.05, 0.1) is 7.11 Å². The number of nitrogens with zero attached hydrogens (tertiary/aromatic N) is 1. The molecule has 1 aliphatic heterocycles. The van der Waals surface area contributed by atoms with Gasteiger partial charge in [-0.05, 0) is 18.8 Å². The predicted molar refractivity (Wildman–Crippen MR) is 62.7 cm³/mol. The Balaban J connectivity index is 2.84. The van der Waals surface area contributed by atoms with Crippen LogP contribution in [0.25, 0.3) is 0 Å². The van der Waals surface area contributed by atoms with E-state index in [1.165, 1.54) is 12.0 Å². The Morgan fingerprint density at radius 3 is 2.50 bits per heavy atom. The number of aliphatic carboxylic acids is 1. The van der Waals surface area contributed by atoms with Gasteiger partial charge in [0, 0.05) is 6.54 Å². The van der Waals surface area contributed by atoms with Crippen LogP contribution in [0, 0.1) is 11.8 Å². The molecule has 0 aromatic heterocycles. The molecule has 6 nitrogen and oxygen atoms in total. The molecular formula is C12H19NO5. The van der Waals surface area contributed by atoms with Gasteiger partial charge >= 0.3 is 11.9 Å². The number of carbonyl (C=O) groups is 3. The van der Waals surface area contributed by atoms with Crippen molar-refractivity contribution in [2.24, 2.45) is 11.8 Å². The van der Waals surface area contributed by atoms with Gasteiger partial charge in [0.15, 0.2) is 0 Å². The van der Waals surface area contributed by atoms with E-state index in [1.54, 1.807) is 0 Å². The molecule has 6 heteroatoms. The maximum atomic E-state index is 11.9. The van der Waals surface area contributed by atoms with Gasteiger partial charge in [-0.3, -0.25) is 9.59 Å². The first-order chi connectivity index (χ1) is 8.38. The first kappa shape index (κ1) is 14.5. The molecule has 1 N–H and O–H groups in total. The molecule has 1 fully saturated rings. The van der Waals surface area contributed by atoms with Crippen LogP contribution in [0.5, 0.6) is 0 Å². The fourth-order valence-corrected chi connectivity index (χ4v) is 2.17. The number of methoxy groups -OCH3 is 1. The third-order valence-electron chi connectivity index (χ3n) is 3.08. The standard InChI is InChI=1S/C12H19NO5/c1-7(2)6-9(12(17)18-3)13-5-4-8(10(13)14)11(15)16/h7-9H,4-6H2,1-3H3,(H,15,16)/t8?,9-/m0/s1. The summed E-state index contributed by atoms with van der Waals surface area (Å²) in [7, 11) is 1.27. The van der Waals surface area contributed by atoms with Crippen LogP contribution in [0.2, 0.25) is 0 Å². The number of ether oxygens (including phenoxy) is 1. The van der Waals surface area contributed by atoms with E-state index in [4.69, 9.17) is 5.11 Å². The zero-order valence-electron chi connectivity index (χ0n) is 10.9. The fraction of sp³-hybridized carbons (Fsp3) is 0.750. The van der Waals surface area contributed by atoms with Gasteiger partial charge < -0.3 is 14.7 Å². The fourth-order valence-electron chi connectivity index (χ4n) is 2.17. The summed E-state index contributed by atoms with van der Waals surface area (Å²) in [6.07, 6.45) is 0.727. The van der Waals surface area contributed by atoms with Crippen LogP contribution in [0.1, 0.15) is 26.7 Å². The van der Waals surface area contributed by atoms with Crippen LogP contribution in [0.3, 0.4) is 0 Å². The van der Waals surface area contributed by atoms with E-state index >= 15 is 0 Å². The molecule has 1 saturated heterocycles. The molecule has 0 radical (unpaired) electrons. The molecule has 1 aliphatic rings. The van der Waals surface area contributed by atoms with Crippen LogP contribution in [-0.2, 0) is 19.1 Å². The maximum absolute atomic E-state index is 11.9.